The first-order chi connectivity index (χ1) is 8.67. The average Bonchev–Trinajstić information content (AvgIpc) is 2.76. The molecule has 1 atom stereocenters. The Bertz CT molecular complexity index is 454. The molecule has 1 aromatic rings. The molecule has 1 saturated heterocycles. The lowest BCUT2D eigenvalue weighted by Gasteiger charge is -2.47. The summed E-state index contributed by atoms with van der Waals surface area (Å²) in [6.45, 7) is 0.544. The molecule has 1 amide bonds. The molecule has 0 bridgehead atoms. The second-order valence-electron chi connectivity index (χ2n) is 5.20. The summed E-state index contributed by atoms with van der Waals surface area (Å²) in [5.74, 6) is -0.689. The zero-order valence-electron chi connectivity index (χ0n) is 10.2. The van der Waals surface area contributed by atoms with Gasteiger partial charge in [0.05, 0.1) is 18.2 Å². The van der Waals surface area contributed by atoms with E-state index in [4.69, 9.17) is 10.5 Å². The van der Waals surface area contributed by atoms with Gasteiger partial charge in [0.2, 0.25) is 0 Å². The van der Waals surface area contributed by atoms with Crippen LogP contribution in [0.3, 0.4) is 0 Å². The van der Waals surface area contributed by atoms with E-state index < -0.39 is 5.91 Å². The average molecular weight is 251 g/mol. The molecular weight excluding hydrogens is 234 g/mol. The second-order valence-corrected chi connectivity index (χ2v) is 5.20. The Hall–Kier alpha value is -1.50. The Morgan fingerprint density at radius 1 is 1.44 bits per heavy atom. The first kappa shape index (κ1) is 11.6. The van der Waals surface area contributed by atoms with Crippen LogP contribution in [0.25, 0.3) is 0 Å². The molecule has 2 heterocycles. The van der Waals surface area contributed by atoms with Crippen molar-refractivity contribution >= 4 is 5.91 Å². The number of primary amides is 1. The molecule has 2 N–H and O–H groups in total. The SMILES string of the molecule is NC(=O)c1nnn(CC2CCCC3(CCC3)O2)n1. The zero-order valence-corrected chi connectivity index (χ0v) is 10.2. The number of nitrogens with zero attached hydrogens (tertiary/aromatic N) is 4. The highest BCUT2D eigenvalue weighted by atomic mass is 16.5. The van der Waals surface area contributed by atoms with Crippen molar-refractivity contribution in [2.24, 2.45) is 5.73 Å². The monoisotopic (exact) mass is 251 g/mol. The summed E-state index contributed by atoms with van der Waals surface area (Å²) in [7, 11) is 0. The van der Waals surface area contributed by atoms with Crippen LogP contribution in [0.1, 0.15) is 49.1 Å². The van der Waals surface area contributed by atoms with Gasteiger partial charge in [-0.1, -0.05) is 0 Å². The minimum absolute atomic E-state index is 0.0378. The van der Waals surface area contributed by atoms with E-state index >= 15 is 0 Å². The van der Waals surface area contributed by atoms with Gasteiger partial charge in [-0.05, 0) is 43.7 Å². The van der Waals surface area contributed by atoms with Crippen LogP contribution in [0.15, 0.2) is 0 Å². The third kappa shape index (κ3) is 2.10. The van der Waals surface area contributed by atoms with Crippen molar-refractivity contribution in [2.45, 2.75) is 56.8 Å². The van der Waals surface area contributed by atoms with Gasteiger partial charge < -0.3 is 10.5 Å². The van der Waals surface area contributed by atoms with Crippen LogP contribution in [0, 0.1) is 0 Å². The molecule has 0 aromatic carbocycles. The van der Waals surface area contributed by atoms with Crippen molar-refractivity contribution in [1.29, 1.82) is 0 Å². The van der Waals surface area contributed by atoms with E-state index in [0.29, 0.717) is 6.54 Å². The van der Waals surface area contributed by atoms with E-state index in [1.807, 2.05) is 0 Å². The Balaban J connectivity index is 1.63. The van der Waals surface area contributed by atoms with Gasteiger partial charge in [0, 0.05) is 0 Å². The van der Waals surface area contributed by atoms with Crippen LogP contribution < -0.4 is 5.73 Å². The number of aromatic nitrogens is 4. The maximum atomic E-state index is 10.9. The molecule has 18 heavy (non-hydrogen) atoms. The molecular formula is C11H17N5O2. The van der Waals surface area contributed by atoms with Gasteiger partial charge in [-0.2, -0.15) is 4.80 Å². The number of amides is 1. The Labute approximate surface area is 105 Å². The van der Waals surface area contributed by atoms with Crippen LogP contribution >= 0.6 is 0 Å². The maximum Gasteiger partial charge on any atom is 0.290 e. The number of tetrazole rings is 1. The molecule has 1 unspecified atom stereocenters. The topological polar surface area (TPSA) is 95.9 Å². The van der Waals surface area contributed by atoms with Crippen LogP contribution in [0.5, 0.6) is 0 Å². The molecule has 1 aliphatic carbocycles. The summed E-state index contributed by atoms with van der Waals surface area (Å²) in [5.41, 5.74) is 5.21. The maximum absolute atomic E-state index is 10.9. The van der Waals surface area contributed by atoms with Crippen molar-refractivity contribution in [3.05, 3.63) is 5.82 Å². The van der Waals surface area contributed by atoms with Crippen molar-refractivity contribution in [1.82, 2.24) is 20.2 Å². The Kier molecular flexibility index (Phi) is 2.77. The van der Waals surface area contributed by atoms with Crippen LogP contribution in [-0.2, 0) is 11.3 Å². The third-order valence-corrected chi connectivity index (χ3v) is 3.88. The fourth-order valence-corrected chi connectivity index (χ4v) is 2.79. The van der Waals surface area contributed by atoms with E-state index in [0.717, 1.165) is 6.42 Å². The van der Waals surface area contributed by atoms with Crippen molar-refractivity contribution in [2.75, 3.05) is 0 Å². The predicted octanol–water partition coefficient (Wildman–Crippen LogP) is 0.264. The summed E-state index contributed by atoms with van der Waals surface area (Å²) in [6, 6.07) is 0. The third-order valence-electron chi connectivity index (χ3n) is 3.88. The second kappa shape index (κ2) is 4.31. The van der Waals surface area contributed by atoms with E-state index in [1.165, 1.54) is 36.9 Å². The summed E-state index contributed by atoms with van der Waals surface area (Å²) >= 11 is 0. The van der Waals surface area contributed by atoms with Gasteiger partial charge in [0.1, 0.15) is 0 Å². The molecule has 2 fully saturated rings. The summed E-state index contributed by atoms with van der Waals surface area (Å²) in [4.78, 5) is 12.3. The zero-order chi connectivity index (χ0) is 12.6. The minimum atomic E-state index is -0.652. The molecule has 2 aliphatic rings. The Morgan fingerprint density at radius 3 is 2.83 bits per heavy atom. The van der Waals surface area contributed by atoms with Crippen molar-refractivity contribution in [3.63, 3.8) is 0 Å². The molecule has 1 saturated carbocycles. The lowest BCUT2D eigenvalue weighted by molar-refractivity contribution is -0.173. The number of ether oxygens (including phenoxy) is 1. The number of rotatable bonds is 3. The normalized spacial score (nSPS) is 25.9. The van der Waals surface area contributed by atoms with Gasteiger partial charge in [-0.25, -0.2) is 0 Å². The van der Waals surface area contributed by atoms with Gasteiger partial charge >= 0.3 is 0 Å². The first-order valence-electron chi connectivity index (χ1n) is 6.42. The number of nitrogens with two attached hydrogens (primary N) is 1. The number of carbonyl (C=O) groups is 1. The van der Waals surface area contributed by atoms with E-state index in [9.17, 15) is 4.79 Å². The predicted molar refractivity (Wildman–Crippen MR) is 61.6 cm³/mol. The highest BCUT2D eigenvalue weighted by Gasteiger charge is 2.42. The fraction of sp³-hybridized carbons (Fsp3) is 0.818. The number of hydrogen-bond acceptors (Lipinski definition) is 5. The van der Waals surface area contributed by atoms with Crippen LogP contribution in [0.2, 0.25) is 0 Å². The largest absolute Gasteiger partial charge is 0.370 e. The number of hydrogen-bond donors (Lipinski definition) is 1. The molecule has 7 heteroatoms. The minimum Gasteiger partial charge on any atom is -0.370 e. The molecule has 1 aliphatic heterocycles. The van der Waals surface area contributed by atoms with E-state index in [-0.39, 0.29) is 17.5 Å². The molecule has 0 radical (unpaired) electrons. The van der Waals surface area contributed by atoms with Gasteiger partial charge in [-0.3, -0.25) is 4.79 Å². The molecule has 1 spiro atoms. The summed E-state index contributed by atoms with van der Waals surface area (Å²) < 4.78 is 6.14. The molecule has 7 nitrogen and oxygen atoms in total. The summed E-state index contributed by atoms with van der Waals surface area (Å²) in [5, 5.41) is 11.4. The van der Waals surface area contributed by atoms with Crippen molar-refractivity contribution < 1.29 is 9.53 Å². The van der Waals surface area contributed by atoms with Crippen molar-refractivity contribution in [3.8, 4) is 0 Å². The summed E-state index contributed by atoms with van der Waals surface area (Å²) in [6.07, 6.45) is 7.08. The van der Waals surface area contributed by atoms with Gasteiger partial charge in [-0.15, -0.1) is 10.2 Å². The molecule has 3 rings (SSSR count). The van der Waals surface area contributed by atoms with E-state index in [1.54, 1.807) is 0 Å². The van der Waals surface area contributed by atoms with Gasteiger partial charge in [0.25, 0.3) is 11.7 Å². The standard InChI is InChI=1S/C11H17N5O2/c12-9(17)10-13-15-16(14-10)7-8-3-1-4-11(18-8)5-2-6-11/h8H,1-7H2,(H2,12,17). The lowest BCUT2D eigenvalue weighted by Crippen LogP contribution is -2.47. The lowest BCUT2D eigenvalue weighted by atomic mass is 9.74. The van der Waals surface area contributed by atoms with Crippen LogP contribution in [0.4, 0.5) is 0 Å². The highest BCUT2D eigenvalue weighted by molar-refractivity contribution is 5.88. The quantitative estimate of drug-likeness (QED) is 0.831. The smallest absolute Gasteiger partial charge is 0.290 e. The first-order valence-corrected chi connectivity index (χ1v) is 6.42. The van der Waals surface area contributed by atoms with Gasteiger partial charge in [0.15, 0.2) is 0 Å². The molecule has 98 valence electrons. The number of carbonyl (C=O) groups excluding carboxylic acids is 1. The van der Waals surface area contributed by atoms with E-state index in [2.05, 4.69) is 15.4 Å². The molecule has 1 aromatic heterocycles. The fourth-order valence-electron chi connectivity index (χ4n) is 2.79. The van der Waals surface area contributed by atoms with Crippen LogP contribution in [-0.4, -0.2) is 37.8 Å². The Morgan fingerprint density at radius 2 is 2.22 bits per heavy atom. The highest BCUT2D eigenvalue weighted by Crippen LogP contribution is 2.44.